The summed E-state index contributed by atoms with van der Waals surface area (Å²) in [5.41, 5.74) is 1.08. The third-order valence-corrected chi connectivity index (χ3v) is 6.28. The lowest BCUT2D eigenvalue weighted by atomic mass is 10.1. The van der Waals surface area contributed by atoms with Crippen LogP contribution in [-0.2, 0) is 0 Å². The number of piperazine rings is 1. The highest BCUT2D eigenvalue weighted by Crippen LogP contribution is 2.32. The first-order valence-electron chi connectivity index (χ1n) is 10.6. The molecule has 4 rings (SSSR count). The van der Waals surface area contributed by atoms with Crippen LogP contribution >= 0.6 is 0 Å². The van der Waals surface area contributed by atoms with Crippen LogP contribution in [0.1, 0.15) is 36.0 Å². The molecular formula is C23H29N3O4. The number of hydrogen-bond acceptors (Lipinski definition) is 5. The number of nitrogens with one attached hydrogen (secondary N) is 1. The van der Waals surface area contributed by atoms with Crippen LogP contribution in [0.4, 0.5) is 0 Å². The molecule has 1 N–H and O–H groups in total. The van der Waals surface area contributed by atoms with Gasteiger partial charge in [0.05, 0.1) is 19.9 Å². The van der Waals surface area contributed by atoms with Gasteiger partial charge in [-0.1, -0.05) is 12.8 Å². The number of hydrogen-bond donors (Lipinski definition) is 1. The molecular weight excluding hydrogens is 382 g/mol. The number of aromatic nitrogens is 1. The van der Waals surface area contributed by atoms with Gasteiger partial charge in [0.1, 0.15) is 17.1 Å². The summed E-state index contributed by atoms with van der Waals surface area (Å²) in [5.74, 6) is 1.08. The van der Waals surface area contributed by atoms with Crippen LogP contribution in [-0.4, -0.2) is 67.1 Å². The Morgan fingerprint density at radius 2 is 1.73 bits per heavy atom. The molecule has 7 nitrogen and oxygen atoms in total. The SMILES string of the molecule is COc1ccc(OC)c(-c2ccc(C(=O)N3CCN(C4CCCC4)CC3)c(=O)[nH]2)c1. The minimum atomic E-state index is -0.388. The fraction of sp³-hybridized carbons (Fsp3) is 0.478. The van der Waals surface area contributed by atoms with E-state index in [0.717, 1.165) is 13.1 Å². The first kappa shape index (κ1) is 20.5. The van der Waals surface area contributed by atoms with Gasteiger partial charge < -0.3 is 19.4 Å². The molecule has 0 atom stereocenters. The standard InChI is InChI=1S/C23H29N3O4/c1-29-17-7-10-21(30-2)19(15-17)20-9-8-18(22(27)24-20)23(28)26-13-11-25(12-14-26)16-5-3-4-6-16/h7-10,15-16H,3-6,11-14H2,1-2H3,(H,24,27). The Kier molecular flexibility index (Phi) is 6.08. The van der Waals surface area contributed by atoms with Gasteiger partial charge in [-0.15, -0.1) is 0 Å². The molecule has 1 amide bonds. The van der Waals surface area contributed by atoms with Crippen molar-refractivity contribution in [2.45, 2.75) is 31.7 Å². The topological polar surface area (TPSA) is 74.9 Å². The Hall–Kier alpha value is -2.80. The molecule has 2 heterocycles. The van der Waals surface area contributed by atoms with E-state index in [1.807, 2.05) is 0 Å². The zero-order chi connectivity index (χ0) is 21.1. The van der Waals surface area contributed by atoms with Gasteiger partial charge in [0.2, 0.25) is 0 Å². The van der Waals surface area contributed by atoms with Crippen molar-refractivity contribution in [3.05, 3.63) is 46.2 Å². The highest BCUT2D eigenvalue weighted by molar-refractivity contribution is 5.94. The number of methoxy groups -OCH3 is 2. The average molecular weight is 412 g/mol. The van der Waals surface area contributed by atoms with E-state index < -0.39 is 0 Å². The quantitative estimate of drug-likeness (QED) is 0.819. The van der Waals surface area contributed by atoms with E-state index in [-0.39, 0.29) is 17.0 Å². The van der Waals surface area contributed by atoms with Crippen LogP contribution < -0.4 is 15.0 Å². The molecule has 0 bridgehead atoms. The fourth-order valence-corrected chi connectivity index (χ4v) is 4.55. The second-order valence-electron chi connectivity index (χ2n) is 7.95. The second kappa shape index (κ2) is 8.92. The number of rotatable bonds is 5. The van der Waals surface area contributed by atoms with Crippen molar-refractivity contribution in [2.24, 2.45) is 0 Å². The third-order valence-electron chi connectivity index (χ3n) is 6.28. The molecule has 1 saturated carbocycles. The number of carbonyl (C=O) groups is 1. The summed E-state index contributed by atoms with van der Waals surface area (Å²) in [6, 6.07) is 9.41. The molecule has 0 unspecified atom stereocenters. The molecule has 1 aliphatic carbocycles. The average Bonchev–Trinajstić information content (AvgIpc) is 3.33. The van der Waals surface area contributed by atoms with Crippen molar-refractivity contribution < 1.29 is 14.3 Å². The summed E-state index contributed by atoms with van der Waals surface area (Å²) in [6.45, 7) is 3.10. The van der Waals surface area contributed by atoms with Gasteiger partial charge in [0.25, 0.3) is 11.5 Å². The van der Waals surface area contributed by atoms with Gasteiger partial charge in [0, 0.05) is 37.8 Å². The molecule has 160 valence electrons. The first-order chi connectivity index (χ1) is 14.6. The maximum absolute atomic E-state index is 13.0. The van der Waals surface area contributed by atoms with Crippen molar-refractivity contribution >= 4 is 5.91 Å². The number of amides is 1. The molecule has 1 aromatic heterocycles. The summed E-state index contributed by atoms with van der Waals surface area (Å²) in [7, 11) is 3.16. The predicted octanol–water partition coefficient (Wildman–Crippen LogP) is 2.76. The zero-order valence-electron chi connectivity index (χ0n) is 17.6. The van der Waals surface area contributed by atoms with Crippen molar-refractivity contribution in [1.82, 2.24) is 14.8 Å². The number of carbonyl (C=O) groups excluding carboxylic acids is 1. The number of aromatic amines is 1. The lowest BCUT2D eigenvalue weighted by molar-refractivity contribution is 0.0572. The number of H-pyrrole nitrogens is 1. The van der Waals surface area contributed by atoms with Crippen LogP contribution in [0.3, 0.4) is 0 Å². The number of benzene rings is 1. The van der Waals surface area contributed by atoms with Crippen molar-refractivity contribution in [3.8, 4) is 22.8 Å². The van der Waals surface area contributed by atoms with E-state index in [4.69, 9.17) is 9.47 Å². The molecule has 2 fully saturated rings. The maximum atomic E-state index is 13.0. The number of pyridine rings is 1. The molecule has 1 aliphatic heterocycles. The molecule has 2 aliphatic rings. The van der Waals surface area contributed by atoms with Gasteiger partial charge in [0.15, 0.2) is 0 Å². The van der Waals surface area contributed by atoms with Crippen LogP contribution in [0.2, 0.25) is 0 Å². The summed E-state index contributed by atoms with van der Waals surface area (Å²) in [6.07, 6.45) is 5.15. The Morgan fingerprint density at radius 1 is 1.00 bits per heavy atom. The minimum absolute atomic E-state index is 0.176. The largest absolute Gasteiger partial charge is 0.497 e. The minimum Gasteiger partial charge on any atom is -0.497 e. The molecule has 0 spiro atoms. The number of ether oxygens (including phenoxy) is 2. The zero-order valence-corrected chi connectivity index (χ0v) is 17.6. The van der Waals surface area contributed by atoms with E-state index in [1.54, 1.807) is 49.5 Å². The summed E-state index contributed by atoms with van der Waals surface area (Å²) < 4.78 is 10.7. The van der Waals surface area contributed by atoms with E-state index in [9.17, 15) is 9.59 Å². The van der Waals surface area contributed by atoms with E-state index in [0.29, 0.717) is 41.9 Å². The third kappa shape index (κ3) is 4.07. The molecule has 2 aromatic rings. The van der Waals surface area contributed by atoms with Gasteiger partial charge >= 0.3 is 0 Å². The number of nitrogens with zero attached hydrogens (tertiary/aromatic N) is 2. The van der Waals surface area contributed by atoms with Crippen LogP contribution in [0.25, 0.3) is 11.3 Å². The van der Waals surface area contributed by atoms with Gasteiger partial charge in [-0.25, -0.2) is 0 Å². The summed E-state index contributed by atoms with van der Waals surface area (Å²) >= 11 is 0. The highest BCUT2D eigenvalue weighted by Gasteiger charge is 2.29. The molecule has 1 aromatic carbocycles. The van der Waals surface area contributed by atoms with E-state index >= 15 is 0 Å². The van der Waals surface area contributed by atoms with E-state index in [1.165, 1.54) is 25.7 Å². The van der Waals surface area contributed by atoms with Crippen molar-refractivity contribution in [1.29, 1.82) is 0 Å². The van der Waals surface area contributed by atoms with Crippen molar-refractivity contribution in [3.63, 3.8) is 0 Å². The smallest absolute Gasteiger partial charge is 0.261 e. The lowest BCUT2D eigenvalue weighted by Crippen LogP contribution is -2.52. The predicted molar refractivity (Wildman–Crippen MR) is 115 cm³/mol. The van der Waals surface area contributed by atoms with E-state index in [2.05, 4.69) is 9.88 Å². The Bertz CT molecular complexity index is 957. The molecule has 30 heavy (non-hydrogen) atoms. The molecule has 0 radical (unpaired) electrons. The second-order valence-corrected chi connectivity index (χ2v) is 7.95. The monoisotopic (exact) mass is 411 g/mol. The first-order valence-corrected chi connectivity index (χ1v) is 10.6. The van der Waals surface area contributed by atoms with Crippen molar-refractivity contribution in [2.75, 3.05) is 40.4 Å². The van der Waals surface area contributed by atoms with Gasteiger partial charge in [-0.05, 0) is 43.2 Å². The van der Waals surface area contributed by atoms with Crippen LogP contribution in [0.5, 0.6) is 11.5 Å². The molecule has 1 saturated heterocycles. The summed E-state index contributed by atoms with van der Waals surface area (Å²) in [5, 5.41) is 0. The van der Waals surface area contributed by atoms with Crippen LogP contribution in [0, 0.1) is 0 Å². The Balaban J connectivity index is 1.50. The van der Waals surface area contributed by atoms with Gasteiger partial charge in [-0.2, -0.15) is 0 Å². The van der Waals surface area contributed by atoms with Crippen LogP contribution in [0.15, 0.2) is 35.1 Å². The fourth-order valence-electron chi connectivity index (χ4n) is 4.55. The normalized spacial score (nSPS) is 17.9. The maximum Gasteiger partial charge on any atom is 0.261 e. The summed E-state index contributed by atoms with van der Waals surface area (Å²) in [4.78, 5) is 32.8. The Morgan fingerprint density at radius 3 is 2.37 bits per heavy atom. The Labute approximate surface area is 176 Å². The highest BCUT2D eigenvalue weighted by atomic mass is 16.5. The molecule has 7 heteroatoms. The van der Waals surface area contributed by atoms with Gasteiger partial charge in [-0.3, -0.25) is 14.5 Å². The lowest BCUT2D eigenvalue weighted by Gasteiger charge is -2.38.